The van der Waals surface area contributed by atoms with Crippen molar-refractivity contribution in [3.8, 4) is 6.07 Å². The Bertz CT molecular complexity index is 986. The van der Waals surface area contributed by atoms with Gasteiger partial charge >= 0.3 is 0 Å². The number of hydrogen-bond acceptors (Lipinski definition) is 6. The summed E-state index contributed by atoms with van der Waals surface area (Å²) in [5.74, 6) is -0.615. The monoisotopic (exact) mass is 332 g/mol. The molecular formula is C19H16N4O2. The third-order valence-electron chi connectivity index (χ3n) is 4.59. The second kappa shape index (κ2) is 6.44. The number of benzene rings is 1. The number of nitrogens with zero attached hydrogens (tertiary/aromatic N) is 4. The molecule has 3 aromatic rings. The van der Waals surface area contributed by atoms with E-state index in [4.69, 9.17) is 4.52 Å². The largest absolute Gasteiger partial charge is 0.360 e. The molecule has 0 amide bonds. The highest BCUT2D eigenvalue weighted by Gasteiger charge is 2.30. The molecule has 1 aliphatic rings. The molecule has 2 aromatic heterocycles. The summed E-state index contributed by atoms with van der Waals surface area (Å²) in [5, 5.41) is 13.6. The van der Waals surface area contributed by atoms with Gasteiger partial charge in [-0.15, -0.1) is 0 Å². The maximum atomic E-state index is 12.9. The number of ketones is 1. The van der Waals surface area contributed by atoms with Gasteiger partial charge in [-0.2, -0.15) is 5.26 Å². The van der Waals surface area contributed by atoms with Crippen molar-refractivity contribution >= 4 is 16.8 Å². The average Bonchev–Trinajstić information content (AvgIpc) is 2.90. The molecule has 124 valence electrons. The van der Waals surface area contributed by atoms with Gasteiger partial charge in [0, 0.05) is 12.0 Å². The topological polar surface area (TPSA) is 92.7 Å². The summed E-state index contributed by atoms with van der Waals surface area (Å²) in [6.07, 6.45) is 6.20. The second-order valence-corrected chi connectivity index (χ2v) is 6.20. The fourth-order valence-electron chi connectivity index (χ4n) is 3.26. The molecule has 6 heteroatoms. The maximum Gasteiger partial charge on any atom is 0.208 e. The lowest BCUT2D eigenvalue weighted by Crippen LogP contribution is -2.15. The van der Waals surface area contributed by atoms with Gasteiger partial charge in [-0.1, -0.05) is 23.7 Å². The van der Waals surface area contributed by atoms with Crippen LogP contribution < -0.4 is 0 Å². The highest BCUT2D eigenvalue weighted by molar-refractivity contribution is 6.02. The smallest absolute Gasteiger partial charge is 0.208 e. The Morgan fingerprint density at radius 1 is 1.16 bits per heavy atom. The minimum Gasteiger partial charge on any atom is -0.360 e. The first-order valence-electron chi connectivity index (χ1n) is 8.41. The molecule has 0 saturated carbocycles. The number of fused-ring (bicyclic) bond motifs is 2. The zero-order chi connectivity index (χ0) is 17.2. The number of carbonyl (C=O) groups is 1. The van der Waals surface area contributed by atoms with Crippen LogP contribution in [0.1, 0.15) is 52.7 Å². The third kappa shape index (κ3) is 2.78. The molecule has 4 rings (SSSR count). The fourth-order valence-corrected chi connectivity index (χ4v) is 3.26. The first kappa shape index (κ1) is 15.5. The minimum atomic E-state index is -1.03. The maximum absolute atomic E-state index is 12.9. The number of Topliss-reactive ketones (excluding diaryl/α,β-unsaturated/α-hetero) is 1. The van der Waals surface area contributed by atoms with Crippen molar-refractivity contribution in [2.24, 2.45) is 0 Å². The second-order valence-electron chi connectivity index (χ2n) is 6.20. The molecule has 1 unspecified atom stereocenters. The summed E-state index contributed by atoms with van der Waals surface area (Å²) in [7, 11) is 0. The van der Waals surface area contributed by atoms with Crippen molar-refractivity contribution in [2.45, 2.75) is 38.0 Å². The molecule has 0 N–H and O–H groups in total. The Balaban J connectivity index is 1.72. The van der Waals surface area contributed by atoms with Gasteiger partial charge in [0.15, 0.2) is 11.6 Å². The summed E-state index contributed by atoms with van der Waals surface area (Å²) in [6, 6.07) is 9.43. The van der Waals surface area contributed by atoms with Crippen molar-refractivity contribution in [3.05, 3.63) is 53.2 Å². The molecule has 2 heterocycles. The first-order valence-corrected chi connectivity index (χ1v) is 8.41. The molecule has 0 bridgehead atoms. The molecule has 1 atom stereocenters. The third-order valence-corrected chi connectivity index (χ3v) is 4.59. The Morgan fingerprint density at radius 2 is 1.96 bits per heavy atom. The van der Waals surface area contributed by atoms with Crippen LogP contribution in [0.4, 0.5) is 0 Å². The number of hydrogen-bond donors (Lipinski definition) is 0. The number of aryl methyl sites for hydroxylation is 1. The zero-order valence-electron chi connectivity index (χ0n) is 13.6. The van der Waals surface area contributed by atoms with E-state index >= 15 is 0 Å². The van der Waals surface area contributed by atoms with Gasteiger partial charge < -0.3 is 4.52 Å². The number of nitriles is 1. The van der Waals surface area contributed by atoms with Gasteiger partial charge in [-0.25, -0.2) is 4.98 Å². The van der Waals surface area contributed by atoms with Gasteiger partial charge in [0.25, 0.3) is 0 Å². The van der Waals surface area contributed by atoms with E-state index in [1.54, 1.807) is 0 Å². The van der Waals surface area contributed by atoms with Crippen molar-refractivity contribution in [2.75, 3.05) is 0 Å². The van der Waals surface area contributed by atoms with E-state index in [2.05, 4.69) is 21.2 Å². The Labute approximate surface area is 144 Å². The van der Waals surface area contributed by atoms with Gasteiger partial charge in [0.05, 0.1) is 29.0 Å². The van der Waals surface area contributed by atoms with Crippen LogP contribution in [0.15, 0.2) is 35.0 Å². The summed E-state index contributed by atoms with van der Waals surface area (Å²) >= 11 is 0. The van der Waals surface area contributed by atoms with E-state index in [9.17, 15) is 10.1 Å². The van der Waals surface area contributed by atoms with E-state index in [0.29, 0.717) is 11.2 Å². The van der Waals surface area contributed by atoms with Crippen molar-refractivity contribution in [1.82, 2.24) is 15.1 Å². The average molecular weight is 332 g/mol. The van der Waals surface area contributed by atoms with Crippen molar-refractivity contribution in [3.63, 3.8) is 0 Å². The molecule has 25 heavy (non-hydrogen) atoms. The SMILES string of the molecule is N#CC(C(=O)c1noc2c1CCCCC2)c1cnc2ccccc2n1. The lowest BCUT2D eigenvalue weighted by molar-refractivity contribution is 0.0968. The Morgan fingerprint density at radius 3 is 2.80 bits per heavy atom. The number of rotatable bonds is 3. The normalized spacial score (nSPS) is 15.2. The standard InChI is InChI=1S/C19H16N4O2/c20-10-13(16-11-21-14-7-4-5-8-15(14)22-16)19(24)18-12-6-2-1-3-9-17(12)25-23-18/h4-5,7-8,11,13H,1-3,6,9H2. The van der Waals surface area contributed by atoms with E-state index in [1.807, 2.05) is 24.3 Å². The zero-order valence-corrected chi connectivity index (χ0v) is 13.6. The number of aromatic nitrogens is 3. The molecule has 0 radical (unpaired) electrons. The molecule has 0 fully saturated rings. The van der Waals surface area contributed by atoms with Crippen LogP contribution in [0.2, 0.25) is 0 Å². The lowest BCUT2D eigenvalue weighted by atomic mass is 9.95. The van der Waals surface area contributed by atoms with Gasteiger partial charge in [-0.3, -0.25) is 9.78 Å². The Kier molecular flexibility index (Phi) is 3.98. The van der Waals surface area contributed by atoms with E-state index in [1.165, 1.54) is 6.20 Å². The van der Waals surface area contributed by atoms with E-state index < -0.39 is 5.92 Å². The molecule has 0 spiro atoms. The van der Waals surface area contributed by atoms with Crippen LogP contribution in [0.25, 0.3) is 11.0 Å². The van der Waals surface area contributed by atoms with E-state index in [0.717, 1.165) is 48.9 Å². The molecule has 6 nitrogen and oxygen atoms in total. The minimum absolute atomic E-state index is 0.276. The van der Waals surface area contributed by atoms with Crippen LogP contribution in [0.3, 0.4) is 0 Å². The molecule has 1 aromatic carbocycles. The van der Waals surface area contributed by atoms with Gasteiger partial charge in [0.2, 0.25) is 5.78 Å². The van der Waals surface area contributed by atoms with Crippen molar-refractivity contribution in [1.29, 1.82) is 5.26 Å². The van der Waals surface area contributed by atoms with Gasteiger partial charge in [0.1, 0.15) is 5.76 Å². The van der Waals surface area contributed by atoms with Crippen LogP contribution >= 0.6 is 0 Å². The molecule has 1 aliphatic carbocycles. The lowest BCUT2D eigenvalue weighted by Gasteiger charge is -2.08. The highest BCUT2D eigenvalue weighted by Crippen LogP contribution is 2.27. The van der Waals surface area contributed by atoms with Crippen LogP contribution in [-0.4, -0.2) is 20.9 Å². The summed E-state index contributed by atoms with van der Waals surface area (Å²) in [6.45, 7) is 0. The molecule has 0 saturated heterocycles. The highest BCUT2D eigenvalue weighted by atomic mass is 16.5. The molecular weight excluding hydrogens is 316 g/mol. The quantitative estimate of drug-likeness (QED) is 0.539. The summed E-state index contributed by atoms with van der Waals surface area (Å²) < 4.78 is 5.37. The van der Waals surface area contributed by atoms with Crippen LogP contribution in [0.5, 0.6) is 0 Å². The fraction of sp³-hybridized carbons (Fsp3) is 0.316. The predicted octanol–water partition coefficient (Wildman–Crippen LogP) is 3.38. The van der Waals surface area contributed by atoms with Gasteiger partial charge in [-0.05, 0) is 31.4 Å². The number of para-hydroxylation sites is 2. The van der Waals surface area contributed by atoms with Crippen LogP contribution in [-0.2, 0) is 12.8 Å². The first-order chi connectivity index (χ1) is 12.3. The number of carbonyl (C=O) groups excluding carboxylic acids is 1. The van der Waals surface area contributed by atoms with Crippen LogP contribution in [0, 0.1) is 11.3 Å². The van der Waals surface area contributed by atoms with Crippen molar-refractivity contribution < 1.29 is 9.32 Å². The summed E-state index contributed by atoms with van der Waals surface area (Å²) in [5.41, 5.74) is 2.87. The predicted molar refractivity (Wildman–Crippen MR) is 90.0 cm³/mol. The Hall–Kier alpha value is -3.07. The molecule has 0 aliphatic heterocycles. The van der Waals surface area contributed by atoms with E-state index in [-0.39, 0.29) is 11.5 Å². The summed E-state index contributed by atoms with van der Waals surface area (Å²) in [4.78, 5) is 21.7.